The minimum Gasteiger partial charge on any atom is -0.431 e. The Hall–Kier alpha value is -1.98. The predicted octanol–water partition coefficient (Wildman–Crippen LogP) is 4.60. The topological polar surface area (TPSA) is 55.1 Å². The number of nitrogens with one attached hydrogen (secondary N) is 1. The number of thioether (sulfide) groups is 1. The zero-order valence-corrected chi connectivity index (χ0v) is 13.2. The number of hydrogen-bond donors (Lipinski definition) is 1. The summed E-state index contributed by atoms with van der Waals surface area (Å²) in [4.78, 5) is 16.2. The Labute approximate surface area is 136 Å². The lowest BCUT2D eigenvalue weighted by atomic mass is 10.3. The van der Waals surface area contributed by atoms with E-state index in [9.17, 15) is 4.79 Å². The number of carbonyl (C=O) groups is 1. The summed E-state index contributed by atoms with van der Waals surface area (Å²) in [5.41, 5.74) is 2.22. The molecule has 2 aromatic carbocycles. The molecule has 0 aliphatic heterocycles. The van der Waals surface area contributed by atoms with Crippen molar-refractivity contribution in [1.82, 2.24) is 4.98 Å². The summed E-state index contributed by atoms with van der Waals surface area (Å²) >= 11 is 7.32. The third kappa shape index (κ3) is 3.81. The van der Waals surface area contributed by atoms with Crippen LogP contribution in [0.25, 0.3) is 11.1 Å². The summed E-state index contributed by atoms with van der Waals surface area (Å²) in [6.45, 7) is 0. The molecule has 0 saturated heterocycles. The molecule has 1 N–H and O–H groups in total. The largest absolute Gasteiger partial charge is 0.431 e. The predicted molar refractivity (Wildman–Crippen MR) is 89.4 cm³/mol. The van der Waals surface area contributed by atoms with Gasteiger partial charge in [-0.15, -0.1) is 0 Å². The monoisotopic (exact) mass is 332 g/mol. The van der Waals surface area contributed by atoms with E-state index in [2.05, 4.69) is 10.3 Å². The zero-order chi connectivity index (χ0) is 15.4. The third-order valence-electron chi connectivity index (χ3n) is 2.94. The molecule has 0 unspecified atom stereocenters. The highest BCUT2D eigenvalue weighted by atomic mass is 35.5. The minimum atomic E-state index is -0.0298. The maximum absolute atomic E-state index is 11.8. The summed E-state index contributed by atoms with van der Waals surface area (Å²) < 4.78 is 5.58. The highest BCUT2D eigenvalue weighted by Crippen LogP contribution is 2.25. The maximum atomic E-state index is 11.8. The van der Waals surface area contributed by atoms with Gasteiger partial charge >= 0.3 is 0 Å². The van der Waals surface area contributed by atoms with Gasteiger partial charge in [-0.05, 0) is 30.3 Å². The van der Waals surface area contributed by atoms with Crippen LogP contribution in [0, 0.1) is 0 Å². The van der Waals surface area contributed by atoms with Gasteiger partial charge < -0.3 is 9.73 Å². The third-order valence-corrected chi connectivity index (χ3v) is 4.01. The molecular formula is C16H13ClN2O2S. The molecule has 1 amide bonds. The van der Waals surface area contributed by atoms with E-state index >= 15 is 0 Å². The van der Waals surface area contributed by atoms with Crippen LogP contribution in [0.2, 0.25) is 5.02 Å². The lowest BCUT2D eigenvalue weighted by Crippen LogP contribution is -2.11. The van der Waals surface area contributed by atoms with E-state index in [0.717, 1.165) is 11.2 Å². The number of hydrogen-bond acceptors (Lipinski definition) is 4. The van der Waals surface area contributed by atoms with Crippen molar-refractivity contribution < 1.29 is 9.21 Å². The van der Waals surface area contributed by atoms with Gasteiger partial charge in [0.1, 0.15) is 5.52 Å². The van der Waals surface area contributed by atoms with Crippen LogP contribution in [-0.2, 0) is 4.79 Å². The fourth-order valence-corrected chi connectivity index (χ4v) is 2.86. The number of aromatic nitrogens is 1. The van der Waals surface area contributed by atoms with Gasteiger partial charge in [0.25, 0.3) is 5.22 Å². The number of anilines is 1. The van der Waals surface area contributed by atoms with Crippen LogP contribution in [0.1, 0.15) is 6.42 Å². The number of amides is 1. The Kier molecular flexibility index (Phi) is 4.65. The van der Waals surface area contributed by atoms with Gasteiger partial charge in [0.15, 0.2) is 5.58 Å². The van der Waals surface area contributed by atoms with Crippen molar-refractivity contribution in [2.24, 2.45) is 0 Å². The van der Waals surface area contributed by atoms with Crippen molar-refractivity contribution in [2.45, 2.75) is 11.6 Å². The van der Waals surface area contributed by atoms with Crippen molar-refractivity contribution in [1.29, 1.82) is 0 Å². The highest BCUT2D eigenvalue weighted by molar-refractivity contribution is 7.99. The summed E-state index contributed by atoms with van der Waals surface area (Å²) in [7, 11) is 0. The number of halogens is 1. The van der Waals surface area contributed by atoms with Crippen molar-refractivity contribution >= 4 is 46.1 Å². The number of fused-ring (bicyclic) bond motifs is 1. The highest BCUT2D eigenvalue weighted by Gasteiger charge is 2.08. The fourth-order valence-electron chi connectivity index (χ4n) is 1.92. The first kappa shape index (κ1) is 14.9. The Balaban J connectivity index is 1.52. The normalized spacial score (nSPS) is 10.8. The van der Waals surface area contributed by atoms with Gasteiger partial charge in [0, 0.05) is 22.9 Å². The molecule has 4 nitrogen and oxygen atoms in total. The first-order valence-electron chi connectivity index (χ1n) is 6.74. The number of benzene rings is 2. The Morgan fingerprint density at radius 1 is 1.23 bits per heavy atom. The molecule has 22 heavy (non-hydrogen) atoms. The van der Waals surface area contributed by atoms with Crippen molar-refractivity contribution in [3.8, 4) is 0 Å². The van der Waals surface area contributed by atoms with Crippen molar-refractivity contribution in [3.05, 3.63) is 53.6 Å². The van der Waals surface area contributed by atoms with Gasteiger partial charge in [-0.25, -0.2) is 4.98 Å². The summed E-state index contributed by atoms with van der Waals surface area (Å²) in [6.07, 6.45) is 0.388. The minimum absolute atomic E-state index is 0.0298. The van der Waals surface area contributed by atoms with E-state index in [1.165, 1.54) is 11.8 Å². The SMILES string of the molecule is O=C(CCSc1nc2cc(Cl)ccc2o1)Nc1ccccc1. The second kappa shape index (κ2) is 6.85. The molecule has 3 rings (SSSR count). The lowest BCUT2D eigenvalue weighted by molar-refractivity contribution is -0.115. The number of oxazole rings is 1. The molecular weight excluding hydrogens is 320 g/mol. The van der Waals surface area contributed by atoms with Crippen LogP contribution in [-0.4, -0.2) is 16.6 Å². The molecule has 6 heteroatoms. The smallest absolute Gasteiger partial charge is 0.256 e. The van der Waals surface area contributed by atoms with Crippen LogP contribution in [0.4, 0.5) is 5.69 Å². The summed E-state index contributed by atoms with van der Waals surface area (Å²) in [5.74, 6) is 0.567. The summed E-state index contributed by atoms with van der Waals surface area (Å²) in [6, 6.07) is 14.7. The molecule has 0 aliphatic carbocycles. The average molecular weight is 333 g/mol. The van der Waals surface area contributed by atoms with Gasteiger partial charge in [0.2, 0.25) is 5.91 Å². The molecule has 1 aromatic heterocycles. The quantitative estimate of drug-likeness (QED) is 0.694. The van der Waals surface area contributed by atoms with E-state index in [4.69, 9.17) is 16.0 Å². The van der Waals surface area contributed by atoms with Gasteiger partial charge in [-0.2, -0.15) is 0 Å². The number of rotatable bonds is 5. The Morgan fingerprint density at radius 3 is 2.86 bits per heavy atom. The van der Waals surface area contributed by atoms with Crippen molar-refractivity contribution in [2.75, 3.05) is 11.1 Å². The summed E-state index contributed by atoms with van der Waals surface area (Å²) in [5, 5.41) is 4.01. The van der Waals surface area contributed by atoms with E-state index in [1.807, 2.05) is 30.3 Å². The van der Waals surface area contributed by atoms with E-state index in [-0.39, 0.29) is 5.91 Å². The molecule has 0 radical (unpaired) electrons. The second-order valence-corrected chi connectivity index (χ2v) is 6.09. The van der Waals surface area contributed by atoms with Gasteiger partial charge in [-0.1, -0.05) is 41.6 Å². The molecule has 0 atom stereocenters. The lowest BCUT2D eigenvalue weighted by Gasteiger charge is -2.03. The molecule has 0 bridgehead atoms. The van der Waals surface area contributed by atoms with E-state index in [0.29, 0.717) is 28.0 Å². The van der Waals surface area contributed by atoms with Crippen LogP contribution in [0.15, 0.2) is 58.2 Å². The van der Waals surface area contributed by atoms with Crippen LogP contribution >= 0.6 is 23.4 Å². The molecule has 0 fully saturated rings. The first-order chi connectivity index (χ1) is 10.7. The Bertz CT molecular complexity index is 789. The van der Waals surface area contributed by atoms with Gasteiger partial charge in [0.05, 0.1) is 0 Å². The number of nitrogens with zero attached hydrogens (tertiary/aromatic N) is 1. The van der Waals surface area contributed by atoms with E-state index in [1.54, 1.807) is 18.2 Å². The Morgan fingerprint density at radius 2 is 2.05 bits per heavy atom. The zero-order valence-electron chi connectivity index (χ0n) is 11.6. The molecule has 1 heterocycles. The van der Waals surface area contributed by atoms with E-state index < -0.39 is 0 Å². The fraction of sp³-hybridized carbons (Fsp3) is 0.125. The van der Waals surface area contributed by atoms with Crippen molar-refractivity contribution in [3.63, 3.8) is 0 Å². The second-order valence-electron chi connectivity index (χ2n) is 4.60. The van der Waals surface area contributed by atoms with Crippen LogP contribution < -0.4 is 5.32 Å². The maximum Gasteiger partial charge on any atom is 0.256 e. The molecule has 3 aromatic rings. The standard InChI is InChI=1S/C16H13ClN2O2S/c17-11-6-7-14-13(10-11)19-16(21-14)22-9-8-15(20)18-12-4-2-1-3-5-12/h1-7,10H,8-9H2,(H,18,20). The average Bonchev–Trinajstić information content (AvgIpc) is 2.90. The molecule has 0 aliphatic rings. The number of carbonyl (C=O) groups excluding carboxylic acids is 1. The van der Waals surface area contributed by atoms with Gasteiger partial charge in [-0.3, -0.25) is 4.79 Å². The van der Waals surface area contributed by atoms with Crippen LogP contribution in [0.5, 0.6) is 0 Å². The van der Waals surface area contributed by atoms with Crippen LogP contribution in [0.3, 0.4) is 0 Å². The molecule has 0 spiro atoms. The molecule has 0 saturated carbocycles. The number of para-hydroxylation sites is 1. The first-order valence-corrected chi connectivity index (χ1v) is 8.11. The molecule has 112 valence electrons.